The molecule has 1 atom stereocenters. The van der Waals surface area contributed by atoms with E-state index in [1.165, 1.54) is 6.92 Å². The minimum atomic E-state index is -1.13. The quantitative estimate of drug-likeness (QED) is 0.241. The number of hydrogen-bond donors (Lipinski definition) is 3. The number of nitrogens with zero attached hydrogens (tertiary/aromatic N) is 2. The third-order valence-corrected chi connectivity index (χ3v) is 2.08. The minimum absolute atomic E-state index is 0.696. The summed E-state index contributed by atoms with van der Waals surface area (Å²) in [7, 11) is 0. The van der Waals surface area contributed by atoms with E-state index in [2.05, 4.69) is 0 Å². The Balaban J connectivity index is 3.40. The van der Waals surface area contributed by atoms with Gasteiger partial charge in [0.25, 0.3) is 5.91 Å². The Bertz CT molecular complexity index is 573. The molecule has 1 heterocycles. The summed E-state index contributed by atoms with van der Waals surface area (Å²) in [6, 6.07) is -1.08. The lowest BCUT2D eigenvalue weighted by Gasteiger charge is -2.11. The number of carbonyl (C=O) groups excluding carboxylic acids is 1. The van der Waals surface area contributed by atoms with Crippen molar-refractivity contribution in [3.05, 3.63) is 37.1 Å². The number of carbonyl (C=O) groups is 1. The van der Waals surface area contributed by atoms with Crippen LogP contribution in [0.1, 0.15) is 13.0 Å². The first kappa shape index (κ1) is 12.6. The molecular weight excluding hydrogens is 234 g/mol. The number of hydrogen-bond acceptors (Lipinski definition) is 6. The van der Waals surface area contributed by atoms with E-state index in [1.54, 1.807) is 10.4 Å². The molecule has 0 spiro atoms. The molecule has 0 saturated heterocycles. The van der Waals surface area contributed by atoms with Gasteiger partial charge in [-0.05, 0) is 6.92 Å². The van der Waals surface area contributed by atoms with Gasteiger partial charge in [0.1, 0.15) is 6.04 Å². The molecule has 1 rings (SSSR count). The number of nitrogens with one attached hydrogen (secondary N) is 2. The summed E-state index contributed by atoms with van der Waals surface area (Å²) in [5.41, 5.74) is -1.10. The number of amides is 1. The molecule has 10 nitrogen and oxygen atoms in total. The third-order valence-electron chi connectivity index (χ3n) is 2.08. The van der Waals surface area contributed by atoms with Gasteiger partial charge in [0.05, 0.1) is 11.1 Å². The van der Waals surface area contributed by atoms with Gasteiger partial charge in [0.2, 0.25) is 0 Å². The summed E-state index contributed by atoms with van der Waals surface area (Å²) >= 11 is 0. The summed E-state index contributed by atoms with van der Waals surface area (Å²) in [5, 5.41) is 10.5. The lowest BCUT2D eigenvalue weighted by Crippen LogP contribution is -2.41. The van der Waals surface area contributed by atoms with Crippen LogP contribution in [0.3, 0.4) is 0 Å². The summed E-state index contributed by atoms with van der Waals surface area (Å²) in [5.74, 6) is 4.14. The van der Waals surface area contributed by atoms with E-state index in [0.717, 1.165) is 0 Å². The largest absolute Gasteiger partial charge is 0.350 e. The van der Waals surface area contributed by atoms with Gasteiger partial charge in [-0.1, -0.05) is 0 Å². The number of hydrazine groups is 1. The number of aromatic amines is 1. The molecule has 4 N–H and O–H groups in total. The normalized spacial score (nSPS) is 11.9. The van der Waals surface area contributed by atoms with Gasteiger partial charge in [-0.25, -0.2) is 10.6 Å². The Morgan fingerprint density at radius 1 is 1.65 bits per heavy atom. The van der Waals surface area contributed by atoms with Gasteiger partial charge in [-0.15, -0.1) is 0 Å². The second kappa shape index (κ2) is 4.57. The number of rotatable bonds is 3. The second-order valence-corrected chi connectivity index (χ2v) is 3.12. The maximum atomic E-state index is 11.3. The fourth-order valence-electron chi connectivity index (χ4n) is 1.14. The predicted octanol–water partition coefficient (Wildman–Crippen LogP) is -2.00. The fraction of sp³-hybridized carbons (Fsp3) is 0.286. The van der Waals surface area contributed by atoms with Crippen LogP contribution in [0.2, 0.25) is 0 Å². The van der Waals surface area contributed by atoms with Crippen molar-refractivity contribution in [1.29, 1.82) is 0 Å². The molecule has 10 heteroatoms. The molecule has 92 valence electrons. The highest BCUT2D eigenvalue weighted by Crippen LogP contribution is 2.05. The Hall–Kier alpha value is -2.49. The summed E-state index contributed by atoms with van der Waals surface area (Å²) in [6.45, 7) is 1.30. The molecule has 0 radical (unpaired) electrons. The average molecular weight is 243 g/mol. The van der Waals surface area contributed by atoms with Crippen LogP contribution in [0, 0.1) is 10.1 Å². The Morgan fingerprint density at radius 2 is 2.24 bits per heavy atom. The highest BCUT2D eigenvalue weighted by Gasteiger charge is 2.21. The molecule has 0 aliphatic carbocycles. The standard InChI is InChI=1S/C7H9N5O5/c1-3(5(13)10-8)11-2-4(12(16)17)6(14)9-7(11)15/h2-3H,8H2,1H3,(H,10,13)(H,9,14,15). The van der Waals surface area contributed by atoms with Gasteiger partial charge in [0.15, 0.2) is 0 Å². The summed E-state index contributed by atoms with van der Waals surface area (Å²) < 4.78 is 0.710. The molecule has 1 unspecified atom stereocenters. The van der Waals surface area contributed by atoms with E-state index >= 15 is 0 Å². The third kappa shape index (κ3) is 2.36. The number of aromatic nitrogens is 2. The highest BCUT2D eigenvalue weighted by atomic mass is 16.6. The molecule has 1 aromatic heterocycles. The molecule has 1 amide bonds. The Labute approximate surface area is 93.2 Å². The first-order chi connectivity index (χ1) is 7.88. The minimum Gasteiger partial charge on any atom is -0.292 e. The van der Waals surface area contributed by atoms with Crippen molar-refractivity contribution in [3.63, 3.8) is 0 Å². The molecule has 17 heavy (non-hydrogen) atoms. The maximum absolute atomic E-state index is 11.3. The predicted molar refractivity (Wildman–Crippen MR) is 55.0 cm³/mol. The number of nitro groups is 1. The van der Waals surface area contributed by atoms with Gasteiger partial charge in [0, 0.05) is 0 Å². The average Bonchev–Trinajstić information content (AvgIpc) is 2.26. The van der Waals surface area contributed by atoms with Gasteiger partial charge in [-0.3, -0.25) is 34.7 Å². The molecule has 0 aliphatic rings. The first-order valence-corrected chi connectivity index (χ1v) is 4.38. The second-order valence-electron chi connectivity index (χ2n) is 3.12. The van der Waals surface area contributed by atoms with Crippen LogP contribution >= 0.6 is 0 Å². The van der Waals surface area contributed by atoms with Gasteiger partial charge < -0.3 is 0 Å². The van der Waals surface area contributed by atoms with Crippen molar-refractivity contribution in [2.24, 2.45) is 5.84 Å². The van der Waals surface area contributed by atoms with Crippen molar-refractivity contribution in [2.45, 2.75) is 13.0 Å². The number of H-pyrrole nitrogens is 1. The van der Waals surface area contributed by atoms with E-state index < -0.39 is 33.8 Å². The van der Waals surface area contributed by atoms with Crippen LogP contribution in [-0.4, -0.2) is 20.4 Å². The van der Waals surface area contributed by atoms with Crippen LogP contribution in [0.4, 0.5) is 5.69 Å². The van der Waals surface area contributed by atoms with Crippen molar-refractivity contribution < 1.29 is 9.72 Å². The molecule has 0 aromatic carbocycles. The molecule has 1 aromatic rings. The fourth-order valence-corrected chi connectivity index (χ4v) is 1.14. The zero-order valence-corrected chi connectivity index (χ0v) is 8.67. The van der Waals surface area contributed by atoms with Crippen LogP contribution in [0.5, 0.6) is 0 Å². The van der Waals surface area contributed by atoms with E-state index in [9.17, 15) is 24.5 Å². The van der Waals surface area contributed by atoms with E-state index in [0.29, 0.717) is 10.8 Å². The molecule has 0 bridgehead atoms. The Kier molecular flexibility index (Phi) is 3.38. The van der Waals surface area contributed by atoms with Crippen molar-refractivity contribution in [1.82, 2.24) is 15.0 Å². The smallest absolute Gasteiger partial charge is 0.292 e. The van der Waals surface area contributed by atoms with Crippen molar-refractivity contribution in [2.75, 3.05) is 0 Å². The lowest BCUT2D eigenvalue weighted by atomic mass is 10.3. The highest BCUT2D eigenvalue weighted by molar-refractivity contribution is 5.79. The van der Waals surface area contributed by atoms with E-state index in [1.807, 2.05) is 0 Å². The van der Waals surface area contributed by atoms with Gasteiger partial charge in [-0.2, -0.15) is 0 Å². The van der Waals surface area contributed by atoms with Crippen LogP contribution in [0.15, 0.2) is 15.8 Å². The van der Waals surface area contributed by atoms with Crippen molar-refractivity contribution in [3.8, 4) is 0 Å². The Morgan fingerprint density at radius 3 is 2.71 bits per heavy atom. The SMILES string of the molecule is CC(C(=O)NN)n1cc([N+](=O)[O-])c(=O)[nH]c1=O. The first-order valence-electron chi connectivity index (χ1n) is 4.38. The van der Waals surface area contributed by atoms with Crippen LogP contribution in [-0.2, 0) is 4.79 Å². The van der Waals surface area contributed by atoms with E-state index in [-0.39, 0.29) is 0 Å². The zero-order chi connectivity index (χ0) is 13.2. The number of nitrogens with two attached hydrogens (primary N) is 1. The van der Waals surface area contributed by atoms with Crippen LogP contribution < -0.4 is 22.5 Å². The lowest BCUT2D eigenvalue weighted by molar-refractivity contribution is -0.386. The zero-order valence-electron chi connectivity index (χ0n) is 8.67. The molecule has 0 aliphatic heterocycles. The summed E-state index contributed by atoms with van der Waals surface area (Å²) in [4.78, 5) is 44.8. The molecular formula is C7H9N5O5. The topological polar surface area (TPSA) is 153 Å². The molecule has 0 fully saturated rings. The monoisotopic (exact) mass is 243 g/mol. The van der Waals surface area contributed by atoms with Crippen molar-refractivity contribution >= 4 is 11.6 Å². The molecule has 0 saturated carbocycles. The van der Waals surface area contributed by atoms with E-state index in [4.69, 9.17) is 5.84 Å². The maximum Gasteiger partial charge on any atom is 0.350 e. The van der Waals surface area contributed by atoms with Crippen LogP contribution in [0.25, 0.3) is 0 Å². The summed E-state index contributed by atoms with van der Waals surface area (Å²) in [6.07, 6.45) is 0.696. The van der Waals surface area contributed by atoms with Gasteiger partial charge >= 0.3 is 16.9 Å².